The van der Waals surface area contributed by atoms with Gasteiger partial charge in [0.1, 0.15) is 11.5 Å². The number of anilines is 2. The summed E-state index contributed by atoms with van der Waals surface area (Å²) in [6.07, 6.45) is 1.33. The SMILES string of the molecule is O=S1(=O)CCC(CNC(=S)Nc2ccc(Oc3ccc(NC(=S)NCC4CCS(=O)(=O)C4)cc3)cc2)C1. The van der Waals surface area contributed by atoms with E-state index in [1.54, 1.807) is 0 Å². The lowest BCUT2D eigenvalue weighted by Crippen LogP contribution is -2.33. The van der Waals surface area contributed by atoms with Gasteiger partial charge in [-0.2, -0.15) is 0 Å². The van der Waals surface area contributed by atoms with Gasteiger partial charge in [-0.15, -0.1) is 0 Å². The van der Waals surface area contributed by atoms with Gasteiger partial charge in [-0.1, -0.05) is 0 Å². The molecule has 2 saturated heterocycles. The summed E-state index contributed by atoms with van der Waals surface area (Å²) in [5, 5.41) is 13.3. The first kappa shape index (κ1) is 27.6. The van der Waals surface area contributed by atoms with Crippen LogP contribution in [0.1, 0.15) is 12.8 Å². The molecule has 37 heavy (non-hydrogen) atoms. The Morgan fingerprint density at radius 1 is 0.703 bits per heavy atom. The zero-order valence-electron chi connectivity index (χ0n) is 20.1. The van der Waals surface area contributed by atoms with Crippen molar-refractivity contribution in [2.45, 2.75) is 12.8 Å². The summed E-state index contributed by atoms with van der Waals surface area (Å²) in [5.41, 5.74) is 1.58. The highest BCUT2D eigenvalue weighted by Gasteiger charge is 2.28. The molecule has 2 aromatic rings. The summed E-state index contributed by atoms with van der Waals surface area (Å²) >= 11 is 10.6. The van der Waals surface area contributed by atoms with Crippen LogP contribution >= 0.6 is 24.4 Å². The van der Waals surface area contributed by atoms with E-state index in [2.05, 4.69) is 21.3 Å². The maximum absolute atomic E-state index is 11.6. The van der Waals surface area contributed by atoms with Gasteiger partial charge in [-0.05, 0) is 97.6 Å². The van der Waals surface area contributed by atoms with Crippen LogP contribution in [-0.4, -0.2) is 63.2 Å². The van der Waals surface area contributed by atoms with Crippen LogP contribution in [0.15, 0.2) is 48.5 Å². The largest absolute Gasteiger partial charge is 0.457 e. The molecule has 2 atom stereocenters. The second kappa shape index (κ2) is 11.9. The van der Waals surface area contributed by atoms with Gasteiger partial charge in [0.2, 0.25) is 0 Å². The normalized spacial score (nSPS) is 21.6. The van der Waals surface area contributed by atoms with Crippen molar-refractivity contribution in [3.63, 3.8) is 0 Å². The summed E-state index contributed by atoms with van der Waals surface area (Å²) in [5.74, 6) is 2.42. The highest BCUT2D eigenvalue weighted by atomic mass is 32.2. The van der Waals surface area contributed by atoms with Crippen molar-refractivity contribution in [1.82, 2.24) is 10.6 Å². The van der Waals surface area contributed by atoms with Gasteiger partial charge in [0.15, 0.2) is 29.9 Å². The van der Waals surface area contributed by atoms with Gasteiger partial charge in [0.25, 0.3) is 0 Å². The Hall–Kier alpha value is -2.48. The van der Waals surface area contributed by atoms with Gasteiger partial charge in [0, 0.05) is 24.5 Å². The van der Waals surface area contributed by atoms with Crippen LogP contribution < -0.4 is 26.0 Å². The second-order valence-corrected chi connectivity index (χ2v) is 14.6. The quantitative estimate of drug-likeness (QED) is 0.343. The number of benzene rings is 2. The van der Waals surface area contributed by atoms with Gasteiger partial charge < -0.3 is 26.0 Å². The predicted molar refractivity (Wildman–Crippen MR) is 155 cm³/mol. The smallest absolute Gasteiger partial charge is 0.170 e. The Morgan fingerprint density at radius 3 is 1.41 bits per heavy atom. The fraction of sp³-hybridized carbons (Fsp3) is 0.417. The van der Waals surface area contributed by atoms with E-state index in [-0.39, 0.29) is 34.8 Å². The van der Waals surface area contributed by atoms with E-state index >= 15 is 0 Å². The van der Waals surface area contributed by atoms with Crippen LogP contribution in [0.4, 0.5) is 11.4 Å². The summed E-state index contributed by atoms with van der Waals surface area (Å²) in [6.45, 7) is 1.06. The lowest BCUT2D eigenvalue weighted by atomic mass is 10.1. The molecule has 0 bridgehead atoms. The Balaban J connectivity index is 1.18. The molecule has 2 heterocycles. The van der Waals surface area contributed by atoms with E-state index in [1.807, 2.05) is 48.5 Å². The van der Waals surface area contributed by atoms with E-state index in [0.717, 1.165) is 11.4 Å². The molecule has 2 aromatic carbocycles. The molecule has 2 fully saturated rings. The fourth-order valence-corrected chi connectivity index (χ4v) is 8.37. The van der Waals surface area contributed by atoms with Crippen LogP contribution in [-0.2, 0) is 19.7 Å². The van der Waals surface area contributed by atoms with Crippen LogP contribution in [0.5, 0.6) is 11.5 Å². The maximum atomic E-state index is 11.6. The van der Waals surface area contributed by atoms with E-state index in [9.17, 15) is 16.8 Å². The third-order valence-corrected chi connectivity index (χ3v) is 10.4. The van der Waals surface area contributed by atoms with Crippen molar-refractivity contribution in [1.29, 1.82) is 0 Å². The number of sulfone groups is 2. The third-order valence-electron chi connectivity index (χ3n) is 6.22. The molecule has 4 rings (SSSR count). The average molecular weight is 583 g/mol. The zero-order valence-corrected chi connectivity index (χ0v) is 23.4. The van der Waals surface area contributed by atoms with Gasteiger partial charge in [0.05, 0.1) is 23.0 Å². The van der Waals surface area contributed by atoms with Gasteiger partial charge in [-0.3, -0.25) is 0 Å². The lowest BCUT2D eigenvalue weighted by Gasteiger charge is -2.14. The Labute approximate surface area is 228 Å². The van der Waals surface area contributed by atoms with Crippen molar-refractivity contribution in [2.75, 3.05) is 46.7 Å². The number of ether oxygens (including phenoxy) is 1. The van der Waals surface area contributed by atoms with Crippen LogP contribution in [0.25, 0.3) is 0 Å². The molecule has 2 aliphatic rings. The molecule has 0 amide bonds. The van der Waals surface area contributed by atoms with Crippen molar-refractivity contribution in [3.05, 3.63) is 48.5 Å². The molecule has 9 nitrogen and oxygen atoms in total. The summed E-state index contributed by atoms with van der Waals surface area (Å²) in [6, 6.07) is 14.7. The molecule has 0 spiro atoms. The molecule has 2 aliphatic heterocycles. The molecule has 0 aromatic heterocycles. The molecule has 0 saturated carbocycles. The van der Waals surface area contributed by atoms with Crippen molar-refractivity contribution < 1.29 is 21.6 Å². The van der Waals surface area contributed by atoms with Gasteiger partial charge >= 0.3 is 0 Å². The first-order chi connectivity index (χ1) is 17.6. The molecule has 4 N–H and O–H groups in total. The fourth-order valence-electron chi connectivity index (χ4n) is 4.24. The first-order valence-electron chi connectivity index (χ1n) is 11.9. The van der Waals surface area contributed by atoms with E-state index < -0.39 is 19.7 Å². The summed E-state index contributed by atoms with van der Waals surface area (Å²) in [4.78, 5) is 0. The molecule has 0 aliphatic carbocycles. The van der Waals surface area contributed by atoms with Crippen LogP contribution in [0.3, 0.4) is 0 Å². The monoisotopic (exact) mass is 582 g/mol. The van der Waals surface area contributed by atoms with E-state index in [1.165, 1.54) is 0 Å². The standard InChI is InChI=1S/C24H30N4O5S4/c29-36(30)11-9-17(15-36)13-25-23(34)27-19-1-5-21(6-2-19)33-22-7-3-20(4-8-22)28-24(35)26-14-18-10-12-37(31,32)16-18/h1-8,17-18H,9-16H2,(H2,25,27,34)(H2,26,28,35). The second-order valence-electron chi connectivity index (χ2n) is 9.36. The minimum absolute atomic E-state index is 0.0898. The predicted octanol–water partition coefficient (Wildman–Crippen LogP) is 2.92. The first-order valence-corrected chi connectivity index (χ1v) is 16.4. The maximum Gasteiger partial charge on any atom is 0.170 e. The number of hydrogen-bond donors (Lipinski definition) is 4. The highest BCUT2D eigenvalue weighted by Crippen LogP contribution is 2.25. The number of hydrogen-bond acceptors (Lipinski definition) is 7. The number of nitrogens with one attached hydrogen (secondary N) is 4. The number of thiocarbonyl (C=S) groups is 2. The molecule has 13 heteroatoms. The highest BCUT2D eigenvalue weighted by molar-refractivity contribution is 7.91. The lowest BCUT2D eigenvalue weighted by molar-refractivity contribution is 0.483. The van der Waals surface area contributed by atoms with E-state index in [4.69, 9.17) is 29.2 Å². The van der Waals surface area contributed by atoms with Crippen molar-refractivity contribution in [2.24, 2.45) is 11.8 Å². The molecular formula is C24H30N4O5S4. The van der Waals surface area contributed by atoms with Crippen LogP contribution in [0, 0.1) is 11.8 Å². The topological polar surface area (TPSA) is 126 Å². The van der Waals surface area contributed by atoms with Gasteiger partial charge in [-0.25, -0.2) is 16.8 Å². The Morgan fingerprint density at radius 2 is 1.08 bits per heavy atom. The van der Waals surface area contributed by atoms with Crippen molar-refractivity contribution >= 4 is 65.7 Å². The molecule has 0 radical (unpaired) electrons. The minimum atomic E-state index is -2.90. The summed E-state index contributed by atoms with van der Waals surface area (Å²) in [7, 11) is -5.79. The Kier molecular flexibility index (Phi) is 8.88. The van der Waals surface area contributed by atoms with Crippen LogP contribution in [0.2, 0.25) is 0 Å². The molecule has 2 unspecified atom stereocenters. The van der Waals surface area contributed by atoms with Crippen molar-refractivity contribution in [3.8, 4) is 11.5 Å². The summed E-state index contributed by atoms with van der Waals surface area (Å²) < 4.78 is 52.2. The molecular weight excluding hydrogens is 553 g/mol. The molecule has 200 valence electrons. The average Bonchev–Trinajstić information content (AvgIpc) is 3.38. The third kappa shape index (κ3) is 8.80. The number of rotatable bonds is 8. The minimum Gasteiger partial charge on any atom is -0.457 e. The zero-order chi connectivity index (χ0) is 26.5. The van der Waals surface area contributed by atoms with E-state index in [0.29, 0.717) is 47.7 Å². The Bertz CT molecular complexity index is 1230.